The average Bonchev–Trinajstić information content (AvgIpc) is 2.56. The molecule has 10 heteroatoms. The molecule has 1 unspecified atom stereocenters. The van der Waals surface area contributed by atoms with Crippen molar-refractivity contribution in [3.63, 3.8) is 0 Å². The number of anilines is 1. The Morgan fingerprint density at radius 3 is 2.81 bits per heavy atom. The zero-order valence-corrected chi connectivity index (χ0v) is 15.2. The minimum atomic E-state index is -0.868. The number of amides is 1. The normalized spacial score (nSPS) is 17.0. The van der Waals surface area contributed by atoms with Gasteiger partial charge in [-0.05, 0) is 38.4 Å². The second kappa shape index (κ2) is 9.93. The van der Waals surface area contributed by atoms with E-state index >= 15 is 0 Å². The second-order valence-electron chi connectivity index (χ2n) is 5.83. The predicted molar refractivity (Wildman–Crippen MR) is 96.9 cm³/mol. The zero-order chi connectivity index (χ0) is 18.4. The van der Waals surface area contributed by atoms with Gasteiger partial charge in [0.25, 0.3) is 5.69 Å². The Labute approximate surface area is 156 Å². The van der Waals surface area contributed by atoms with Crippen LogP contribution in [-0.4, -0.2) is 53.0 Å². The second-order valence-corrected chi connectivity index (χ2v) is 5.83. The van der Waals surface area contributed by atoms with Crippen LogP contribution < -0.4 is 10.1 Å². The number of ether oxygens (including phenoxy) is 1. The minimum absolute atomic E-state index is 0. The SMILES string of the molecule is CCOc1ccc(NC(=O)CN2CCCC(C(=O)O)C2)c([N+](=O)[O-])c1.Cl. The number of carbonyl (C=O) groups excluding carboxylic acids is 1. The molecule has 2 N–H and O–H groups in total. The molecule has 1 aromatic rings. The number of benzene rings is 1. The van der Waals surface area contributed by atoms with E-state index in [9.17, 15) is 19.7 Å². The van der Waals surface area contributed by atoms with Crippen LogP contribution in [0.15, 0.2) is 18.2 Å². The molecule has 9 nitrogen and oxygen atoms in total. The molecule has 1 aliphatic heterocycles. The number of nitro benzene ring substituents is 1. The van der Waals surface area contributed by atoms with Crippen LogP contribution in [0, 0.1) is 16.0 Å². The number of carbonyl (C=O) groups is 2. The molecule has 144 valence electrons. The van der Waals surface area contributed by atoms with Gasteiger partial charge in [0.05, 0.1) is 30.1 Å². The maximum absolute atomic E-state index is 12.2. The summed E-state index contributed by atoms with van der Waals surface area (Å²) >= 11 is 0. The van der Waals surface area contributed by atoms with Gasteiger partial charge in [0, 0.05) is 6.54 Å². The summed E-state index contributed by atoms with van der Waals surface area (Å²) in [4.78, 5) is 35.6. The summed E-state index contributed by atoms with van der Waals surface area (Å²) in [5.41, 5.74) is -0.161. The van der Waals surface area contributed by atoms with Crippen LogP contribution in [0.2, 0.25) is 0 Å². The van der Waals surface area contributed by atoms with Gasteiger partial charge >= 0.3 is 5.97 Å². The Hall–Kier alpha value is -2.39. The summed E-state index contributed by atoms with van der Waals surface area (Å²) in [6, 6.07) is 4.24. The van der Waals surface area contributed by atoms with Crippen molar-refractivity contribution in [1.29, 1.82) is 0 Å². The monoisotopic (exact) mass is 387 g/mol. The molecule has 1 saturated heterocycles. The van der Waals surface area contributed by atoms with E-state index < -0.39 is 22.7 Å². The molecule has 0 spiro atoms. The van der Waals surface area contributed by atoms with Crippen molar-refractivity contribution in [2.45, 2.75) is 19.8 Å². The largest absolute Gasteiger partial charge is 0.494 e. The third kappa shape index (κ3) is 5.85. The number of nitro groups is 1. The molecule has 0 radical (unpaired) electrons. The number of likely N-dealkylation sites (tertiary alicyclic amines) is 1. The van der Waals surface area contributed by atoms with Crippen molar-refractivity contribution in [1.82, 2.24) is 4.90 Å². The number of halogens is 1. The van der Waals surface area contributed by atoms with Crippen LogP contribution in [0.5, 0.6) is 5.75 Å². The highest BCUT2D eigenvalue weighted by molar-refractivity contribution is 5.94. The number of carboxylic acids is 1. The Morgan fingerprint density at radius 2 is 2.19 bits per heavy atom. The summed E-state index contributed by atoms with van der Waals surface area (Å²) in [7, 11) is 0. The van der Waals surface area contributed by atoms with E-state index in [1.165, 1.54) is 12.1 Å². The highest BCUT2D eigenvalue weighted by Crippen LogP contribution is 2.29. The van der Waals surface area contributed by atoms with Crippen LogP contribution >= 0.6 is 12.4 Å². The molecule has 1 amide bonds. The van der Waals surface area contributed by atoms with Crippen LogP contribution in [0.3, 0.4) is 0 Å². The van der Waals surface area contributed by atoms with Gasteiger partial charge in [-0.1, -0.05) is 0 Å². The molecular weight excluding hydrogens is 366 g/mol. The predicted octanol–water partition coefficient (Wildman–Crippen LogP) is 2.15. The Bertz CT molecular complexity index is 669. The maximum Gasteiger partial charge on any atom is 0.307 e. The van der Waals surface area contributed by atoms with Crippen molar-refractivity contribution >= 4 is 35.7 Å². The first kappa shape index (κ1) is 21.7. The van der Waals surface area contributed by atoms with E-state index in [0.29, 0.717) is 38.3 Å². The van der Waals surface area contributed by atoms with Gasteiger partial charge in [-0.2, -0.15) is 0 Å². The fourth-order valence-electron chi connectivity index (χ4n) is 2.82. The highest BCUT2D eigenvalue weighted by Gasteiger charge is 2.27. The third-order valence-corrected chi connectivity index (χ3v) is 3.97. The average molecular weight is 388 g/mol. The van der Waals surface area contributed by atoms with E-state index in [-0.39, 0.29) is 30.3 Å². The minimum Gasteiger partial charge on any atom is -0.494 e. The van der Waals surface area contributed by atoms with Crippen molar-refractivity contribution in [3.8, 4) is 5.75 Å². The number of aliphatic carboxylic acids is 1. The maximum atomic E-state index is 12.2. The summed E-state index contributed by atoms with van der Waals surface area (Å²) in [5, 5.41) is 22.8. The fourth-order valence-corrected chi connectivity index (χ4v) is 2.82. The molecule has 0 saturated carbocycles. The Morgan fingerprint density at radius 1 is 1.46 bits per heavy atom. The lowest BCUT2D eigenvalue weighted by Crippen LogP contribution is -2.42. The summed E-state index contributed by atoms with van der Waals surface area (Å²) in [6.45, 7) is 3.07. The van der Waals surface area contributed by atoms with E-state index in [1.54, 1.807) is 17.9 Å². The number of nitrogens with zero attached hydrogens (tertiary/aromatic N) is 2. The summed E-state index contributed by atoms with van der Waals surface area (Å²) in [5.74, 6) is -1.42. The van der Waals surface area contributed by atoms with Crippen molar-refractivity contribution < 1.29 is 24.4 Å². The van der Waals surface area contributed by atoms with Gasteiger partial charge in [-0.15, -0.1) is 12.4 Å². The van der Waals surface area contributed by atoms with Gasteiger partial charge in [-0.3, -0.25) is 24.6 Å². The lowest BCUT2D eigenvalue weighted by atomic mass is 9.98. The molecule has 1 aliphatic rings. The van der Waals surface area contributed by atoms with E-state index in [4.69, 9.17) is 9.84 Å². The van der Waals surface area contributed by atoms with Crippen molar-refractivity contribution in [2.75, 3.05) is 31.6 Å². The highest BCUT2D eigenvalue weighted by atomic mass is 35.5. The number of carboxylic acid groups (broad SMARTS) is 1. The summed E-state index contributed by atoms with van der Waals surface area (Å²) < 4.78 is 5.23. The molecule has 1 heterocycles. The lowest BCUT2D eigenvalue weighted by Gasteiger charge is -2.29. The Kier molecular flexibility index (Phi) is 8.27. The molecule has 0 aromatic heterocycles. The third-order valence-electron chi connectivity index (χ3n) is 3.97. The Balaban J connectivity index is 0.00000338. The van der Waals surface area contributed by atoms with Gasteiger partial charge in [-0.25, -0.2) is 0 Å². The first-order valence-corrected chi connectivity index (χ1v) is 8.07. The van der Waals surface area contributed by atoms with Gasteiger partial charge in [0.1, 0.15) is 11.4 Å². The first-order valence-electron chi connectivity index (χ1n) is 8.07. The van der Waals surface area contributed by atoms with Gasteiger partial charge < -0.3 is 15.2 Å². The van der Waals surface area contributed by atoms with E-state index in [2.05, 4.69) is 5.32 Å². The molecule has 1 atom stereocenters. The van der Waals surface area contributed by atoms with Gasteiger partial charge in [0.15, 0.2) is 0 Å². The fraction of sp³-hybridized carbons (Fsp3) is 0.500. The summed E-state index contributed by atoms with van der Waals surface area (Å²) in [6.07, 6.45) is 1.30. The molecule has 2 rings (SSSR count). The van der Waals surface area contributed by atoms with Crippen LogP contribution in [0.25, 0.3) is 0 Å². The topological polar surface area (TPSA) is 122 Å². The molecule has 1 aromatic carbocycles. The number of hydrogen-bond acceptors (Lipinski definition) is 6. The molecular formula is C16H22ClN3O6. The number of rotatable bonds is 7. The number of hydrogen-bond donors (Lipinski definition) is 2. The molecule has 0 bridgehead atoms. The van der Waals surface area contributed by atoms with Crippen molar-refractivity contribution in [3.05, 3.63) is 28.3 Å². The van der Waals surface area contributed by atoms with Crippen LogP contribution in [0.4, 0.5) is 11.4 Å². The molecule has 1 fully saturated rings. The first-order chi connectivity index (χ1) is 11.9. The lowest BCUT2D eigenvalue weighted by molar-refractivity contribution is -0.384. The quantitative estimate of drug-likeness (QED) is 0.542. The van der Waals surface area contributed by atoms with Gasteiger partial charge in [0.2, 0.25) is 5.91 Å². The van der Waals surface area contributed by atoms with E-state index in [1.807, 2.05) is 0 Å². The number of piperidine rings is 1. The van der Waals surface area contributed by atoms with Crippen molar-refractivity contribution in [2.24, 2.45) is 5.92 Å². The standard InChI is InChI=1S/C16H21N3O6.ClH/c1-2-25-12-5-6-13(14(8-12)19(23)24)17-15(20)10-18-7-3-4-11(9-18)16(21)22;/h5-6,8,11H,2-4,7,9-10H2,1H3,(H,17,20)(H,21,22);1H. The zero-order valence-electron chi connectivity index (χ0n) is 14.3. The smallest absolute Gasteiger partial charge is 0.307 e. The molecule has 0 aliphatic carbocycles. The molecule has 26 heavy (non-hydrogen) atoms. The van der Waals surface area contributed by atoms with E-state index in [0.717, 1.165) is 0 Å². The number of nitrogens with one attached hydrogen (secondary N) is 1. The van der Waals surface area contributed by atoms with Crippen LogP contribution in [0.1, 0.15) is 19.8 Å². The van der Waals surface area contributed by atoms with Crippen LogP contribution in [-0.2, 0) is 9.59 Å².